The van der Waals surface area contributed by atoms with Crippen LogP contribution in [-0.2, 0) is 4.74 Å². The summed E-state index contributed by atoms with van der Waals surface area (Å²) in [5.41, 5.74) is 5.35. The van der Waals surface area contributed by atoms with Crippen LogP contribution in [0.4, 0.5) is 0 Å². The van der Waals surface area contributed by atoms with Crippen molar-refractivity contribution in [3.63, 3.8) is 0 Å². The zero-order valence-electron chi connectivity index (χ0n) is 17.3. The van der Waals surface area contributed by atoms with Crippen LogP contribution in [0.1, 0.15) is 42.5 Å². The van der Waals surface area contributed by atoms with E-state index in [4.69, 9.17) is 16.3 Å². The zero-order valence-corrected chi connectivity index (χ0v) is 18.1. The Morgan fingerprint density at radius 3 is 2.55 bits per heavy atom. The molecule has 1 aliphatic heterocycles. The first-order valence-corrected chi connectivity index (χ1v) is 10.4. The van der Waals surface area contributed by atoms with Crippen molar-refractivity contribution in [2.75, 3.05) is 0 Å². The van der Waals surface area contributed by atoms with Gasteiger partial charge in [0.25, 0.3) is 5.91 Å². The molecule has 0 radical (unpaired) electrons. The van der Waals surface area contributed by atoms with E-state index in [1.54, 1.807) is 18.2 Å². The Morgan fingerprint density at radius 2 is 1.81 bits per heavy atom. The van der Waals surface area contributed by atoms with Gasteiger partial charge in [-0.25, -0.2) is 4.98 Å². The monoisotopic (exact) mass is 434 g/mol. The van der Waals surface area contributed by atoms with Gasteiger partial charge in [-0.2, -0.15) is 0 Å². The predicted octanol–water partition coefficient (Wildman–Crippen LogP) is 4.93. The number of hydrogen-bond acceptors (Lipinski definition) is 5. The molecule has 2 N–H and O–H groups in total. The minimum atomic E-state index is -0.582. The SMILES string of the molecule is CC(C)(CC1=NNC(c2ccccc2)O1)NC(=O)c1cccc(-c2ccc(Cl)cc2)n1. The highest BCUT2D eigenvalue weighted by Gasteiger charge is 2.29. The predicted molar refractivity (Wildman–Crippen MR) is 122 cm³/mol. The molecule has 31 heavy (non-hydrogen) atoms. The summed E-state index contributed by atoms with van der Waals surface area (Å²) < 4.78 is 5.92. The molecule has 2 heterocycles. The molecule has 1 aromatic heterocycles. The van der Waals surface area contributed by atoms with Crippen LogP contribution in [-0.4, -0.2) is 22.3 Å². The third kappa shape index (κ3) is 5.22. The molecule has 1 atom stereocenters. The molecule has 0 fully saturated rings. The Kier molecular flexibility index (Phi) is 5.91. The minimum absolute atomic E-state index is 0.257. The number of carbonyl (C=O) groups excluding carboxylic acids is 1. The lowest BCUT2D eigenvalue weighted by Crippen LogP contribution is -2.45. The van der Waals surface area contributed by atoms with Crippen molar-refractivity contribution in [3.05, 3.63) is 89.1 Å². The number of pyridine rings is 1. The summed E-state index contributed by atoms with van der Waals surface area (Å²) in [6, 6.07) is 22.5. The lowest BCUT2D eigenvalue weighted by atomic mass is 10.00. The summed E-state index contributed by atoms with van der Waals surface area (Å²) in [5, 5.41) is 7.97. The number of halogens is 1. The molecule has 1 unspecified atom stereocenters. The van der Waals surface area contributed by atoms with Crippen LogP contribution in [0.15, 0.2) is 77.9 Å². The molecule has 4 rings (SSSR count). The van der Waals surface area contributed by atoms with Crippen LogP contribution in [0.25, 0.3) is 11.3 Å². The normalized spacial score (nSPS) is 15.6. The third-order valence-corrected chi connectivity index (χ3v) is 5.08. The van der Waals surface area contributed by atoms with Crippen LogP contribution in [0.5, 0.6) is 0 Å². The molecular weight excluding hydrogens is 412 g/mol. The first-order valence-electron chi connectivity index (χ1n) is 9.99. The van der Waals surface area contributed by atoms with Crippen molar-refractivity contribution in [3.8, 4) is 11.3 Å². The Balaban J connectivity index is 1.40. The summed E-state index contributed by atoms with van der Waals surface area (Å²) in [6.45, 7) is 3.85. The highest BCUT2D eigenvalue weighted by molar-refractivity contribution is 6.30. The lowest BCUT2D eigenvalue weighted by molar-refractivity contribution is 0.0907. The van der Waals surface area contributed by atoms with Gasteiger partial charge in [-0.05, 0) is 38.1 Å². The Hall–Kier alpha value is -3.38. The van der Waals surface area contributed by atoms with E-state index in [0.29, 0.717) is 28.7 Å². The molecule has 3 aromatic rings. The van der Waals surface area contributed by atoms with Crippen LogP contribution < -0.4 is 10.7 Å². The molecule has 0 bridgehead atoms. The van der Waals surface area contributed by atoms with E-state index in [9.17, 15) is 4.79 Å². The third-order valence-electron chi connectivity index (χ3n) is 4.83. The van der Waals surface area contributed by atoms with Crippen LogP contribution in [0, 0.1) is 0 Å². The van der Waals surface area contributed by atoms with Gasteiger partial charge in [-0.1, -0.05) is 60.1 Å². The molecule has 0 spiro atoms. The number of hydrogen-bond donors (Lipinski definition) is 2. The van der Waals surface area contributed by atoms with Crippen molar-refractivity contribution < 1.29 is 9.53 Å². The highest BCUT2D eigenvalue weighted by Crippen LogP contribution is 2.23. The topological polar surface area (TPSA) is 75.6 Å². The van der Waals surface area contributed by atoms with E-state index in [1.807, 2.05) is 68.4 Å². The number of nitrogens with one attached hydrogen (secondary N) is 2. The molecule has 0 saturated carbocycles. The number of aromatic nitrogens is 1. The van der Waals surface area contributed by atoms with E-state index < -0.39 is 5.54 Å². The first kappa shape index (κ1) is 20.9. The smallest absolute Gasteiger partial charge is 0.270 e. The number of nitrogens with zero attached hydrogens (tertiary/aromatic N) is 2. The molecule has 0 aliphatic carbocycles. The largest absolute Gasteiger partial charge is 0.450 e. The van der Waals surface area contributed by atoms with Crippen molar-refractivity contribution in [1.29, 1.82) is 0 Å². The van der Waals surface area contributed by atoms with Crippen molar-refractivity contribution in [2.24, 2.45) is 5.10 Å². The molecule has 7 heteroatoms. The van der Waals surface area contributed by atoms with Gasteiger partial charge in [0.1, 0.15) is 5.69 Å². The summed E-state index contributed by atoms with van der Waals surface area (Å²) in [7, 11) is 0. The van der Waals surface area contributed by atoms with Gasteiger partial charge < -0.3 is 10.1 Å². The van der Waals surface area contributed by atoms with Crippen LogP contribution in [0.3, 0.4) is 0 Å². The van der Waals surface area contributed by atoms with Crippen molar-refractivity contribution in [2.45, 2.75) is 32.0 Å². The number of benzene rings is 2. The Labute approximate surface area is 186 Å². The van der Waals surface area contributed by atoms with E-state index in [0.717, 1.165) is 11.1 Å². The fourth-order valence-corrected chi connectivity index (χ4v) is 3.43. The number of amides is 1. The Morgan fingerprint density at radius 1 is 1.06 bits per heavy atom. The minimum Gasteiger partial charge on any atom is -0.450 e. The molecule has 158 valence electrons. The fourth-order valence-electron chi connectivity index (χ4n) is 3.31. The van der Waals surface area contributed by atoms with Gasteiger partial charge >= 0.3 is 0 Å². The van der Waals surface area contributed by atoms with E-state index in [-0.39, 0.29) is 12.1 Å². The number of carbonyl (C=O) groups is 1. The maximum atomic E-state index is 12.9. The van der Waals surface area contributed by atoms with Gasteiger partial charge in [-0.15, -0.1) is 5.10 Å². The summed E-state index contributed by atoms with van der Waals surface area (Å²) in [6.07, 6.45) is 0.117. The Bertz CT molecular complexity index is 1100. The first-order chi connectivity index (χ1) is 14.9. The van der Waals surface area contributed by atoms with Crippen molar-refractivity contribution in [1.82, 2.24) is 15.7 Å². The molecule has 6 nitrogen and oxygen atoms in total. The second-order valence-electron chi connectivity index (χ2n) is 7.97. The van der Waals surface area contributed by atoms with E-state index in [1.165, 1.54) is 0 Å². The quantitative estimate of drug-likeness (QED) is 0.576. The maximum absolute atomic E-state index is 12.9. The number of rotatable bonds is 6. The fraction of sp³-hybridized carbons (Fsp3) is 0.208. The number of hydrazone groups is 1. The zero-order chi connectivity index (χ0) is 21.8. The van der Waals surface area contributed by atoms with Gasteiger partial charge in [0, 0.05) is 28.1 Å². The molecule has 2 aromatic carbocycles. The molecule has 1 aliphatic rings. The van der Waals surface area contributed by atoms with Gasteiger partial charge in [0.15, 0.2) is 0 Å². The molecular formula is C24H23ClN4O2. The lowest BCUT2D eigenvalue weighted by Gasteiger charge is -2.25. The summed E-state index contributed by atoms with van der Waals surface area (Å²) >= 11 is 5.96. The van der Waals surface area contributed by atoms with Crippen LogP contribution in [0.2, 0.25) is 5.02 Å². The van der Waals surface area contributed by atoms with Crippen LogP contribution >= 0.6 is 11.6 Å². The van der Waals surface area contributed by atoms with Gasteiger partial charge in [-0.3, -0.25) is 10.2 Å². The van der Waals surface area contributed by atoms with E-state index >= 15 is 0 Å². The second kappa shape index (κ2) is 8.78. The summed E-state index contributed by atoms with van der Waals surface area (Å²) in [5.74, 6) is 0.286. The molecule has 0 saturated heterocycles. The van der Waals surface area contributed by atoms with Gasteiger partial charge in [0.05, 0.1) is 5.69 Å². The van der Waals surface area contributed by atoms with E-state index in [2.05, 4.69) is 20.8 Å². The average molecular weight is 435 g/mol. The standard InChI is InChI=1S/C24H23ClN4O2/c1-24(2,15-21-28-29-23(31-21)17-7-4-3-5-8-17)27-22(30)20-10-6-9-19(26-20)16-11-13-18(25)14-12-16/h3-14,23,29H,15H2,1-2H3,(H,27,30). The molecule has 1 amide bonds. The maximum Gasteiger partial charge on any atom is 0.270 e. The second-order valence-corrected chi connectivity index (χ2v) is 8.41. The van der Waals surface area contributed by atoms with Gasteiger partial charge in [0.2, 0.25) is 12.1 Å². The number of ether oxygens (including phenoxy) is 1. The highest BCUT2D eigenvalue weighted by atomic mass is 35.5. The van der Waals surface area contributed by atoms with Crippen molar-refractivity contribution >= 4 is 23.4 Å². The summed E-state index contributed by atoms with van der Waals surface area (Å²) in [4.78, 5) is 17.4. The average Bonchev–Trinajstić information content (AvgIpc) is 3.22.